The van der Waals surface area contributed by atoms with Gasteiger partial charge in [0, 0.05) is 17.5 Å². The second-order valence-corrected chi connectivity index (χ2v) is 9.57. The van der Waals surface area contributed by atoms with E-state index in [-0.39, 0.29) is 29.8 Å². The van der Waals surface area contributed by atoms with Crippen molar-refractivity contribution in [1.29, 1.82) is 5.41 Å². The summed E-state index contributed by atoms with van der Waals surface area (Å²) in [5.74, 6) is -6.48. The lowest BCUT2D eigenvalue weighted by molar-refractivity contribution is -0.402. The van der Waals surface area contributed by atoms with Crippen LogP contribution in [0.3, 0.4) is 0 Å². The van der Waals surface area contributed by atoms with Crippen LogP contribution in [-0.4, -0.2) is 73.3 Å². The zero-order valence-corrected chi connectivity index (χ0v) is 23.9. The molecular formula is C25H26F6N8O8. The molecule has 4 rings (SSSR count). The van der Waals surface area contributed by atoms with Crippen LogP contribution in [0.15, 0.2) is 34.7 Å². The van der Waals surface area contributed by atoms with Gasteiger partial charge in [-0.15, -0.1) is 0 Å². The topological polar surface area (TPSA) is 260 Å². The Kier molecular flexibility index (Phi) is 12.4. The molecule has 256 valence electrons. The maximum absolute atomic E-state index is 12.5. The summed E-state index contributed by atoms with van der Waals surface area (Å²) in [6.07, 6.45) is -6.39. The number of guanidine groups is 1. The first-order chi connectivity index (χ1) is 21.7. The number of nitrogens with two attached hydrogens (primary N) is 1. The van der Waals surface area contributed by atoms with Gasteiger partial charge in [0.1, 0.15) is 10.7 Å². The zero-order chi connectivity index (χ0) is 35.7. The predicted octanol–water partition coefficient (Wildman–Crippen LogP) is 4.16. The van der Waals surface area contributed by atoms with Gasteiger partial charge in [-0.25, -0.2) is 14.6 Å². The van der Waals surface area contributed by atoms with Crippen LogP contribution in [0.25, 0.3) is 10.9 Å². The standard InChI is InChI=1S/C21H24N8O4.2C2HF3O2/c1-11-6-7-13-12(10-11)18(24-14-4-2-3-5-15(14)25-20(22)23)27-21(26-13)28-19(30)16-8-9-17(33-16)29(31)32;2*3-2(4,5)1(6)7/h6-10,14-15H,2-5H2,1H3,(H4,22,23,25)(H2,24,26,27,28,30);2*(H,6,7). The normalized spacial score (nSPS) is 16.0. The number of alkyl halides is 6. The van der Waals surface area contributed by atoms with Crippen molar-refractivity contribution >= 4 is 52.4 Å². The summed E-state index contributed by atoms with van der Waals surface area (Å²) in [5.41, 5.74) is 7.20. The number of hydrogen-bond acceptors (Lipinski definition) is 10. The average Bonchev–Trinajstić information content (AvgIpc) is 3.45. The Labute approximate surface area is 259 Å². The Bertz CT molecular complexity index is 1600. The molecule has 1 aliphatic rings. The molecule has 16 nitrogen and oxygen atoms in total. The van der Waals surface area contributed by atoms with Gasteiger partial charge in [-0.3, -0.25) is 25.6 Å². The molecule has 3 aromatic rings. The minimum Gasteiger partial charge on any atom is -0.475 e. The highest BCUT2D eigenvalue weighted by atomic mass is 19.4. The van der Waals surface area contributed by atoms with E-state index < -0.39 is 41.0 Å². The summed E-state index contributed by atoms with van der Waals surface area (Å²) >= 11 is 0. The highest BCUT2D eigenvalue weighted by Crippen LogP contribution is 2.28. The monoisotopic (exact) mass is 680 g/mol. The minimum atomic E-state index is -5.08. The number of halogens is 6. The number of aliphatic carboxylic acids is 2. The van der Waals surface area contributed by atoms with Crippen LogP contribution in [0.1, 0.15) is 41.8 Å². The summed E-state index contributed by atoms with van der Waals surface area (Å²) in [6, 6.07) is 7.95. The van der Waals surface area contributed by atoms with Gasteiger partial charge in [0.2, 0.25) is 5.95 Å². The molecule has 2 aromatic heterocycles. The lowest BCUT2D eigenvalue weighted by Gasteiger charge is -2.33. The fraction of sp³-hybridized carbons (Fsp3) is 0.360. The van der Waals surface area contributed by atoms with Crippen molar-refractivity contribution in [3.8, 4) is 0 Å². The van der Waals surface area contributed by atoms with Crippen LogP contribution in [0, 0.1) is 22.4 Å². The molecule has 1 amide bonds. The highest BCUT2D eigenvalue weighted by Gasteiger charge is 2.39. The summed E-state index contributed by atoms with van der Waals surface area (Å²) < 4.78 is 68.4. The number of nitro groups is 1. The van der Waals surface area contributed by atoms with Crippen molar-refractivity contribution in [2.24, 2.45) is 5.73 Å². The van der Waals surface area contributed by atoms with Crippen molar-refractivity contribution in [3.63, 3.8) is 0 Å². The third kappa shape index (κ3) is 11.6. The van der Waals surface area contributed by atoms with Gasteiger partial charge in [0.15, 0.2) is 11.7 Å². The van der Waals surface area contributed by atoms with E-state index in [0.717, 1.165) is 42.7 Å². The van der Waals surface area contributed by atoms with E-state index >= 15 is 0 Å². The number of carboxylic acids is 2. The van der Waals surface area contributed by atoms with Crippen LogP contribution in [0.4, 0.5) is 44.0 Å². The second kappa shape index (κ2) is 15.5. The molecule has 0 aliphatic heterocycles. The van der Waals surface area contributed by atoms with Crippen molar-refractivity contribution in [3.05, 3.63) is 51.8 Å². The first-order valence-corrected chi connectivity index (χ1v) is 13.0. The molecular weight excluding hydrogens is 654 g/mol. The number of fused-ring (bicyclic) bond motifs is 1. The average molecular weight is 681 g/mol. The summed E-state index contributed by atoms with van der Waals surface area (Å²) in [4.78, 5) is 49.4. The fourth-order valence-electron chi connectivity index (χ4n) is 3.97. The number of furan rings is 1. The van der Waals surface area contributed by atoms with Gasteiger partial charge in [-0.1, -0.05) is 24.5 Å². The predicted molar refractivity (Wildman–Crippen MR) is 150 cm³/mol. The minimum absolute atomic E-state index is 0.0301. The molecule has 1 aliphatic carbocycles. The van der Waals surface area contributed by atoms with Crippen LogP contribution in [0.5, 0.6) is 0 Å². The molecule has 0 bridgehead atoms. The highest BCUT2D eigenvalue weighted by molar-refractivity contribution is 6.02. The van der Waals surface area contributed by atoms with Gasteiger partial charge in [0.05, 0.1) is 11.6 Å². The number of carbonyl (C=O) groups excluding carboxylic acids is 1. The Morgan fingerprint density at radius 1 is 1.00 bits per heavy atom. The van der Waals surface area contributed by atoms with Crippen LogP contribution >= 0.6 is 0 Å². The lowest BCUT2D eigenvalue weighted by Crippen LogP contribution is -2.50. The van der Waals surface area contributed by atoms with E-state index in [1.807, 2.05) is 25.1 Å². The largest absolute Gasteiger partial charge is 0.490 e. The number of carbonyl (C=O) groups is 3. The molecule has 8 N–H and O–H groups in total. The van der Waals surface area contributed by atoms with Gasteiger partial charge < -0.3 is 31.0 Å². The third-order valence-electron chi connectivity index (χ3n) is 5.99. The Morgan fingerprint density at radius 3 is 2.04 bits per heavy atom. The Hall–Kier alpha value is -5.70. The fourth-order valence-corrected chi connectivity index (χ4v) is 3.97. The summed E-state index contributed by atoms with van der Waals surface area (Å²) in [6.45, 7) is 1.96. The van der Waals surface area contributed by atoms with Gasteiger partial charge in [-0.2, -0.15) is 31.3 Å². The number of benzene rings is 1. The number of amides is 1. The van der Waals surface area contributed by atoms with Crippen LogP contribution < -0.4 is 21.7 Å². The first kappa shape index (κ1) is 37.5. The van der Waals surface area contributed by atoms with E-state index in [0.29, 0.717) is 11.3 Å². The quantitative estimate of drug-likeness (QED) is 0.0635. The Morgan fingerprint density at radius 2 is 1.55 bits per heavy atom. The van der Waals surface area contributed by atoms with E-state index in [2.05, 4.69) is 25.9 Å². The molecule has 0 saturated heterocycles. The number of aryl methyl sites for hydroxylation is 1. The third-order valence-corrected chi connectivity index (χ3v) is 5.99. The van der Waals surface area contributed by atoms with E-state index in [1.54, 1.807) is 0 Å². The van der Waals surface area contributed by atoms with Gasteiger partial charge >= 0.3 is 30.2 Å². The number of nitrogens with zero attached hydrogens (tertiary/aromatic N) is 3. The molecule has 2 atom stereocenters. The van der Waals surface area contributed by atoms with Gasteiger partial charge in [-0.05, 0) is 38.0 Å². The number of aromatic nitrogens is 2. The van der Waals surface area contributed by atoms with Crippen LogP contribution in [0.2, 0.25) is 0 Å². The number of nitrogens with one attached hydrogen (secondary N) is 4. The maximum atomic E-state index is 12.5. The van der Waals surface area contributed by atoms with Crippen molar-refractivity contribution < 1.29 is 60.3 Å². The van der Waals surface area contributed by atoms with Crippen LogP contribution in [-0.2, 0) is 9.59 Å². The number of hydrogen-bond donors (Lipinski definition) is 7. The van der Waals surface area contributed by atoms with Crippen molar-refractivity contribution in [2.75, 3.05) is 10.6 Å². The summed E-state index contributed by atoms with van der Waals surface area (Å²) in [5, 5.41) is 42.5. The molecule has 47 heavy (non-hydrogen) atoms. The van der Waals surface area contributed by atoms with Crippen molar-refractivity contribution in [2.45, 2.75) is 57.0 Å². The number of carboxylic acid groups (broad SMARTS) is 2. The number of anilines is 2. The molecule has 2 unspecified atom stereocenters. The molecule has 0 radical (unpaired) electrons. The van der Waals surface area contributed by atoms with E-state index in [9.17, 15) is 41.3 Å². The zero-order valence-electron chi connectivity index (χ0n) is 23.9. The SMILES string of the molecule is Cc1ccc2nc(NC(=O)c3ccc([N+](=O)[O-])o3)nc(NC3CCCCC3NC(=N)N)c2c1.O=C(O)C(F)(F)F.O=C(O)C(F)(F)F. The maximum Gasteiger partial charge on any atom is 0.490 e. The lowest BCUT2D eigenvalue weighted by atomic mass is 9.90. The smallest absolute Gasteiger partial charge is 0.475 e. The molecule has 22 heteroatoms. The molecule has 1 fully saturated rings. The van der Waals surface area contributed by atoms with Crippen molar-refractivity contribution in [1.82, 2.24) is 15.3 Å². The molecule has 1 saturated carbocycles. The first-order valence-electron chi connectivity index (χ1n) is 13.0. The molecule has 1 aromatic carbocycles. The molecule has 2 heterocycles. The van der Waals surface area contributed by atoms with Gasteiger partial charge in [0.25, 0.3) is 5.91 Å². The molecule has 0 spiro atoms. The van der Waals surface area contributed by atoms with E-state index in [4.69, 9.17) is 35.4 Å². The Balaban J connectivity index is 0.000000459. The number of rotatable bonds is 6. The second-order valence-electron chi connectivity index (χ2n) is 9.57. The van der Waals surface area contributed by atoms with E-state index in [1.165, 1.54) is 6.07 Å². The summed E-state index contributed by atoms with van der Waals surface area (Å²) in [7, 11) is 0.